The Morgan fingerprint density at radius 3 is 1.85 bits per heavy atom. The minimum Gasteiger partial charge on any atom is -0.458 e. The molecule has 0 saturated heterocycles. The first-order chi connectivity index (χ1) is 12.1. The summed E-state index contributed by atoms with van der Waals surface area (Å²) in [4.78, 5) is 36.5. The van der Waals surface area contributed by atoms with Crippen molar-refractivity contribution in [3.8, 4) is 0 Å². The van der Waals surface area contributed by atoms with E-state index in [2.05, 4.69) is 10.6 Å². The summed E-state index contributed by atoms with van der Waals surface area (Å²) in [6.07, 6.45) is -0.716. The number of nitrogens with one attached hydrogen (secondary N) is 2. The largest absolute Gasteiger partial charge is 0.458 e. The zero-order chi connectivity index (χ0) is 21.4. The topological polar surface area (TPSA) is 103 Å². The zero-order valence-electron chi connectivity index (χ0n) is 18.1. The van der Waals surface area contributed by atoms with Gasteiger partial charge in [0.1, 0.15) is 17.7 Å². The molecule has 8 nitrogen and oxygen atoms in total. The Kier molecular flexibility index (Phi) is 9.78. The van der Waals surface area contributed by atoms with Gasteiger partial charge in [-0.25, -0.2) is 9.59 Å². The van der Waals surface area contributed by atoms with Crippen molar-refractivity contribution < 1.29 is 28.6 Å². The van der Waals surface area contributed by atoms with Gasteiger partial charge in [-0.2, -0.15) is 0 Å². The van der Waals surface area contributed by atoms with Gasteiger partial charge in [-0.05, 0) is 54.4 Å². The molecule has 2 amide bonds. The molecule has 0 heterocycles. The van der Waals surface area contributed by atoms with Gasteiger partial charge in [0.25, 0.3) is 0 Å². The number of alkyl carbamates (subject to hydrolysis) is 1. The summed E-state index contributed by atoms with van der Waals surface area (Å²) in [6, 6.07) is -1.88. The van der Waals surface area contributed by atoms with E-state index in [4.69, 9.17) is 14.2 Å². The highest BCUT2D eigenvalue weighted by Crippen LogP contribution is 2.10. The van der Waals surface area contributed by atoms with E-state index in [9.17, 15) is 14.4 Å². The molecule has 0 aromatic heterocycles. The molecule has 2 atom stereocenters. The minimum atomic E-state index is -1.01. The van der Waals surface area contributed by atoms with E-state index >= 15 is 0 Å². The van der Waals surface area contributed by atoms with E-state index in [1.165, 1.54) is 6.92 Å². The van der Waals surface area contributed by atoms with Gasteiger partial charge in [-0.3, -0.25) is 4.79 Å². The van der Waals surface area contributed by atoms with Crippen LogP contribution in [0.1, 0.15) is 62.3 Å². The van der Waals surface area contributed by atoms with E-state index < -0.39 is 41.3 Å². The second-order valence-corrected chi connectivity index (χ2v) is 8.88. The lowest BCUT2D eigenvalue weighted by molar-refractivity contribution is -0.158. The fourth-order valence-corrected chi connectivity index (χ4v) is 1.71. The van der Waals surface area contributed by atoms with Crippen molar-refractivity contribution in [2.75, 3.05) is 13.2 Å². The van der Waals surface area contributed by atoms with Crippen molar-refractivity contribution in [1.82, 2.24) is 10.6 Å². The Bertz CT molecular complexity index is 505. The van der Waals surface area contributed by atoms with Crippen molar-refractivity contribution in [1.29, 1.82) is 0 Å². The average Bonchev–Trinajstić information content (AvgIpc) is 2.46. The molecule has 0 aromatic rings. The summed E-state index contributed by atoms with van der Waals surface area (Å²) in [5.41, 5.74) is -1.16. The molecule has 158 valence electrons. The Morgan fingerprint density at radius 2 is 1.41 bits per heavy atom. The number of carbonyl (C=O) groups is 3. The Balaban J connectivity index is 4.94. The summed E-state index contributed by atoms with van der Waals surface area (Å²) >= 11 is 0. The molecule has 0 aliphatic heterocycles. The maximum Gasteiger partial charge on any atom is 0.407 e. The number of carbonyl (C=O) groups excluding carboxylic acids is 3. The van der Waals surface area contributed by atoms with Crippen LogP contribution in [0.4, 0.5) is 4.79 Å². The third kappa shape index (κ3) is 13.1. The number of esters is 1. The molecule has 8 heteroatoms. The highest BCUT2D eigenvalue weighted by Gasteiger charge is 2.29. The standard InChI is InChI=1S/C19H36N2O6/c1-12(2)10-25-17(24)21-14(11-26-18(4,5)6)15(22)20-13(3)16(23)27-19(7,8)9/h12-14H,10-11H2,1-9H3,(H,20,22)(H,21,24)/t13-,14?/m0/s1. The van der Waals surface area contributed by atoms with Gasteiger partial charge in [-0.15, -0.1) is 0 Å². The van der Waals surface area contributed by atoms with Crippen LogP contribution in [0.2, 0.25) is 0 Å². The van der Waals surface area contributed by atoms with E-state index in [1.807, 2.05) is 34.6 Å². The predicted octanol–water partition coefficient (Wildman–Crippen LogP) is 2.40. The third-order valence-electron chi connectivity index (χ3n) is 2.96. The van der Waals surface area contributed by atoms with Crippen LogP contribution in [0, 0.1) is 5.92 Å². The lowest BCUT2D eigenvalue weighted by Gasteiger charge is -2.26. The van der Waals surface area contributed by atoms with E-state index in [-0.39, 0.29) is 19.1 Å². The van der Waals surface area contributed by atoms with Gasteiger partial charge in [0, 0.05) is 0 Å². The molecule has 0 rings (SSSR count). The number of amides is 2. The summed E-state index contributed by atoms with van der Waals surface area (Å²) in [6.45, 7) is 16.2. The Labute approximate surface area is 162 Å². The van der Waals surface area contributed by atoms with Crippen LogP contribution in [-0.4, -0.2) is 54.5 Å². The molecule has 0 saturated carbocycles. The fourth-order valence-electron chi connectivity index (χ4n) is 1.71. The van der Waals surface area contributed by atoms with Crippen molar-refractivity contribution in [2.24, 2.45) is 5.92 Å². The van der Waals surface area contributed by atoms with Crippen LogP contribution in [0.5, 0.6) is 0 Å². The second-order valence-electron chi connectivity index (χ2n) is 8.88. The summed E-state index contributed by atoms with van der Waals surface area (Å²) in [5.74, 6) is -0.950. The number of ether oxygens (including phenoxy) is 3. The normalized spacial score (nSPS) is 14.3. The molecule has 0 aliphatic rings. The third-order valence-corrected chi connectivity index (χ3v) is 2.96. The summed E-state index contributed by atoms with van der Waals surface area (Å²) in [7, 11) is 0. The monoisotopic (exact) mass is 388 g/mol. The Hall–Kier alpha value is -1.83. The van der Waals surface area contributed by atoms with Gasteiger partial charge < -0.3 is 24.8 Å². The maximum atomic E-state index is 12.5. The van der Waals surface area contributed by atoms with Gasteiger partial charge >= 0.3 is 12.1 Å². The van der Waals surface area contributed by atoms with Crippen LogP contribution >= 0.6 is 0 Å². The molecule has 1 unspecified atom stereocenters. The first-order valence-corrected chi connectivity index (χ1v) is 9.21. The van der Waals surface area contributed by atoms with Crippen molar-refractivity contribution in [3.05, 3.63) is 0 Å². The molecular weight excluding hydrogens is 352 g/mol. The van der Waals surface area contributed by atoms with E-state index in [0.29, 0.717) is 0 Å². The first-order valence-electron chi connectivity index (χ1n) is 9.21. The van der Waals surface area contributed by atoms with Crippen LogP contribution in [0.3, 0.4) is 0 Å². The van der Waals surface area contributed by atoms with Crippen LogP contribution in [0.15, 0.2) is 0 Å². The molecule has 0 spiro atoms. The van der Waals surface area contributed by atoms with Crippen molar-refractivity contribution in [3.63, 3.8) is 0 Å². The molecule has 2 N–H and O–H groups in total. The average molecular weight is 389 g/mol. The quantitative estimate of drug-likeness (QED) is 0.619. The second kappa shape index (κ2) is 10.5. The molecular formula is C19H36N2O6. The molecule has 0 bridgehead atoms. The fraction of sp³-hybridized carbons (Fsp3) is 0.842. The van der Waals surface area contributed by atoms with Gasteiger partial charge in [-0.1, -0.05) is 13.8 Å². The van der Waals surface area contributed by atoms with Crippen LogP contribution in [0.25, 0.3) is 0 Å². The van der Waals surface area contributed by atoms with Crippen LogP contribution in [-0.2, 0) is 23.8 Å². The maximum absolute atomic E-state index is 12.5. The minimum absolute atomic E-state index is 0.0624. The number of hydrogen-bond donors (Lipinski definition) is 2. The number of rotatable bonds is 8. The molecule has 0 aliphatic carbocycles. The van der Waals surface area contributed by atoms with Crippen LogP contribution < -0.4 is 10.6 Å². The summed E-state index contributed by atoms with van der Waals surface area (Å²) in [5, 5.41) is 5.03. The zero-order valence-corrected chi connectivity index (χ0v) is 18.1. The predicted molar refractivity (Wildman–Crippen MR) is 102 cm³/mol. The summed E-state index contributed by atoms with van der Waals surface area (Å²) < 4.78 is 15.9. The van der Waals surface area contributed by atoms with Gasteiger partial charge in [0.2, 0.25) is 5.91 Å². The highest BCUT2D eigenvalue weighted by atomic mass is 16.6. The van der Waals surface area contributed by atoms with E-state index in [0.717, 1.165) is 0 Å². The van der Waals surface area contributed by atoms with Crippen molar-refractivity contribution in [2.45, 2.75) is 85.6 Å². The Morgan fingerprint density at radius 1 is 0.852 bits per heavy atom. The SMILES string of the molecule is CC(C)COC(=O)NC(COC(C)(C)C)C(=O)N[C@@H](C)C(=O)OC(C)(C)C. The van der Waals surface area contributed by atoms with Gasteiger partial charge in [0.15, 0.2) is 0 Å². The molecule has 0 fully saturated rings. The first kappa shape index (κ1) is 25.2. The molecule has 27 heavy (non-hydrogen) atoms. The lowest BCUT2D eigenvalue weighted by Crippen LogP contribution is -2.54. The molecule has 0 aromatic carbocycles. The van der Waals surface area contributed by atoms with Crippen molar-refractivity contribution >= 4 is 18.0 Å². The number of hydrogen-bond acceptors (Lipinski definition) is 6. The highest BCUT2D eigenvalue weighted by molar-refractivity contribution is 5.89. The van der Waals surface area contributed by atoms with E-state index in [1.54, 1.807) is 20.8 Å². The lowest BCUT2D eigenvalue weighted by atomic mass is 10.2. The smallest absolute Gasteiger partial charge is 0.407 e. The van der Waals surface area contributed by atoms with Gasteiger partial charge in [0.05, 0.1) is 18.8 Å². The molecule has 0 radical (unpaired) electrons.